The van der Waals surface area contributed by atoms with Crippen molar-refractivity contribution in [1.29, 1.82) is 5.26 Å². The zero-order valence-corrected chi connectivity index (χ0v) is 13.1. The summed E-state index contributed by atoms with van der Waals surface area (Å²) < 4.78 is 0. The van der Waals surface area contributed by atoms with E-state index in [-0.39, 0.29) is 11.7 Å². The summed E-state index contributed by atoms with van der Waals surface area (Å²) in [4.78, 5) is 21.4. The predicted molar refractivity (Wildman–Crippen MR) is 83.0 cm³/mol. The molecule has 0 spiro atoms. The van der Waals surface area contributed by atoms with Crippen LogP contribution in [-0.4, -0.2) is 27.2 Å². The van der Waals surface area contributed by atoms with E-state index >= 15 is 0 Å². The van der Waals surface area contributed by atoms with Crippen LogP contribution in [0, 0.1) is 17.2 Å². The molecule has 1 saturated carbocycles. The van der Waals surface area contributed by atoms with E-state index in [1.165, 1.54) is 18.1 Å². The Bertz CT molecular complexity index is 719. The van der Waals surface area contributed by atoms with Gasteiger partial charge in [-0.25, -0.2) is 9.97 Å². The molecule has 2 aromatic rings. The molecule has 0 unspecified atom stereocenters. The maximum absolute atomic E-state index is 12.1. The molecule has 1 N–H and O–H groups in total. The van der Waals surface area contributed by atoms with Crippen LogP contribution in [0.15, 0.2) is 22.8 Å². The molecule has 0 bridgehead atoms. The fraction of sp³-hybridized carbons (Fsp3) is 0.429. The van der Waals surface area contributed by atoms with Gasteiger partial charge in [-0.3, -0.25) is 4.79 Å². The molecule has 2 aromatic heterocycles. The first-order valence-electron chi connectivity index (χ1n) is 6.65. The van der Waals surface area contributed by atoms with Gasteiger partial charge < -0.3 is 5.32 Å². The minimum Gasteiger partial charge on any atom is -0.337 e. The van der Waals surface area contributed by atoms with E-state index in [0.29, 0.717) is 5.92 Å². The topological polar surface area (TPSA) is 78.7 Å². The predicted octanol–water partition coefficient (Wildman–Crippen LogP) is 2.59. The van der Waals surface area contributed by atoms with Gasteiger partial charge in [-0.2, -0.15) is 5.26 Å². The molecule has 21 heavy (non-hydrogen) atoms. The third-order valence-corrected chi connectivity index (χ3v) is 5.42. The third-order valence-electron chi connectivity index (χ3n) is 3.59. The molecule has 2 heterocycles. The highest BCUT2D eigenvalue weighted by Crippen LogP contribution is 2.39. The number of nitriles is 1. The number of nitrogens with one attached hydrogen (secondary N) is 1. The number of thioether (sulfide) groups is 1. The Morgan fingerprint density at radius 3 is 3.14 bits per heavy atom. The summed E-state index contributed by atoms with van der Waals surface area (Å²) in [6, 6.07) is 4.19. The molecule has 3 rings (SSSR count). The highest BCUT2D eigenvalue weighted by atomic mass is 32.2. The minimum absolute atomic E-state index is 0.127. The zero-order valence-electron chi connectivity index (χ0n) is 11.5. The first kappa shape index (κ1) is 14.3. The van der Waals surface area contributed by atoms with E-state index in [1.54, 1.807) is 18.3 Å². The van der Waals surface area contributed by atoms with Crippen LogP contribution in [0.1, 0.15) is 19.8 Å². The summed E-state index contributed by atoms with van der Waals surface area (Å²) in [5, 5.41) is 15.9. The normalized spacial score (nSPS) is 17.1. The van der Waals surface area contributed by atoms with Gasteiger partial charge in [0.2, 0.25) is 5.91 Å². The van der Waals surface area contributed by atoms with Gasteiger partial charge in [-0.05, 0) is 37.1 Å². The summed E-state index contributed by atoms with van der Waals surface area (Å²) in [6.07, 6.45) is 3.54. The van der Waals surface area contributed by atoms with Gasteiger partial charge in [0.1, 0.15) is 21.7 Å². The molecule has 0 radical (unpaired) electrons. The largest absolute Gasteiger partial charge is 0.337 e. The number of hydrogen-bond donors (Lipinski definition) is 1. The number of fused-ring (bicyclic) bond motifs is 1. The van der Waals surface area contributed by atoms with Crippen LogP contribution in [0.3, 0.4) is 0 Å². The lowest BCUT2D eigenvalue weighted by Crippen LogP contribution is -2.47. The van der Waals surface area contributed by atoms with Gasteiger partial charge in [-0.1, -0.05) is 11.8 Å². The summed E-state index contributed by atoms with van der Waals surface area (Å²) in [6.45, 7) is 1.80. The lowest BCUT2D eigenvalue weighted by Gasteiger charge is -2.22. The maximum atomic E-state index is 12.1. The molecule has 1 atom stereocenters. The lowest BCUT2D eigenvalue weighted by molar-refractivity contribution is -0.119. The highest BCUT2D eigenvalue weighted by Gasteiger charge is 2.42. The molecule has 1 aliphatic rings. The molecule has 0 aliphatic heterocycles. The van der Waals surface area contributed by atoms with E-state index < -0.39 is 5.54 Å². The monoisotopic (exact) mass is 318 g/mol. The number of rotatable bonds is 5. The zero-order chi connectivity index (χ0) is 14.9. The first-order chi connectivity index (χ1) is 10.1. The third kappa shape index (κ3) is 3.01. The molecule has 1 aliphatic carbocycles. The standard InChI is InChI=1S/C14H14N4OS2/c1-14(7-15,9-2-3-9)18-11(19)6-21-13-10-4-5-20-12(10)16-8-17-13/h4-5,8-9H,2-3,6H2,1H3,(H,18,19)/t14-/m1/s1. The second-order valence-corrected chi connectivity index (χ2v) is 7.10. The molecule has 108 valence electrons. The lowest BCUT2D eigenvalue weighted by atomic mass is 9.98. The molecule has 0 saturated heterocycles. The van der Waals surface area contributed by atoms with E-state index in [4.69, 9.17) is 0 Å². The summed E-state index contributed by atoms with van der Waals surface area (Å²) in [5.41, 5.74) is -0.735. The first-order valence-corrected chi connectivity index (χ1v) is 8.52. The van der Waals surface area contributed by atoms with E-state index in [9.17, 15) is 10.1 Å². The van der Waals surface area contributed by atoms with Gasteiger partial charge in [0.05, 0.1) is 11.8 Å². The number of nitrogens with zero attached hydrogens (tertiary/aromatic N) is 3. The van der Waals surface area contributed by atoms with Crippen molar-refractivity contribution in [2.45, 2.75) is 30.3 Å². The number of carbonyl (C=O) groups is 1. The number of aromatic nitrogens is 2. The quantitative estimate of drug-likeness (QED) is 0.677. The highest BCUT2D eigenvalue weighted by molar-refractivity contribution is 8.00. The van der Waals surface area contributed by atoms with Crippen molar-refractivity contribution in [2.75, 3.05) is 5.75 Å². The van der Waals surface area contributed by atoms with Crippen molar-refractivity contribution in [3.05, 3.63) is 17.8 Å². The molecule has 1 amide bonds. The molecule has 0 aromatic carbocycles. The van der Waals surface area contributed by atoms with Crippen molar-refractivity contribution >= 4 is 39.2 Å². The summed E-state index contributed by atoms with van der Waals surface area (Å²) in [7, 11) is 0. The van der Waals surface area contributed by atoms with Crippen LogP contribution in [0.25, 0.3) is 10.2 Å². The Labute approximate surface area is 130 Å². The van der Waals surface area contributed by atoms with E-state index in [2.05, 4.69) is 21.4 Å². The number of amides is 1. The van der Waals surface area contributed by atoms with Crippen molar-refractivity contribution in [3.63, 3.8) is 0 Å². The van der Waals surface area contributed by atoms with Gasteiger partial charge in [0.25, 0.3) is 0 Å². The van der Waals surface area contributed by atoms with E-state index in [0.717, 1.165) is 28.1 Å². The molecule has 1 fully saturated rings. The Morgan fingerprint density at radius 1 is 1.62 bits per heavy atom. The van der Waals surface area contributed by atoms with Crippen LogP contribution >= 0.6 is 23.1 Å². The minimum atomic E-state index is -0.735. The van der Waals surface area contributed by atoms with E-state index in [1.807, 2.05) is 11.4 Å². The molecule has 7 heteroatoms. The van der Waals surface area contributed by atoms with Crippen molar-refractivity contribution in [1.82, 2.24) is 15.3 Å². The average Bonchev–Trinajstić information content (AvgIpc) is 3.23. The van der Waals surface area contributed by atoms with Gasteiger partial charge in [0.15, 0.2) is 0 Å². The number of carbonyl (C=O) groups excluding carboxylic acids is 1. The van der Waals surface area contributed by atoms with Crippen molar-refractivity contribution in [2.24, 2.45) is 5.92 Å². The fourth-order valence-electron chi connectivity index (χ4n) is 2.22. The van der Waals surface area contributed by atoms with Gasteiger partial charge in [0, 0.05) is 5.39 Å². The maximum Gasteiger partial charge on any atom is 0.231 e. The fourth-order valence-corrected chi connectivity index (χ4v) is 3.80. The smallest absolute Gasteiger partial charge is 0.231 e. The van der Waals surface area contributed by atoms with Crippen molar-refractivity contribution < 1.29 is 4.79 Å². The number of thiophene rings is 1. The molecular formula is C14H14N4OS2. The molecular weight excluding hydrogens is 304 g/mol. The summed E-state index contributed by atoms with van der Waals surface area (Å²) >= 11 is 2.93. The second-order valence-electron chi connectivity index (χ2n) is 5.24. The van der Waals surface area contributed by atoms with Crippen molar-refractivity contribution in [3.8, 4) is 6.07 Å². The second kappa shape index (κ2) is 5.62. The number of hydrogen-bond acceptors (Lipinski definition) is 6. The SMILES string of the molecule is C[C@](C#N)(NC(=O)CSc1ncnc2sccc12)C1CC1. The Kier molecular flexibility index (Phi) is 3.83. The van der Waals surface area contributed by atoms with Crippen LogP contribution in [0.2, 0.25) is 0 Å². The Morgan fingerprint density at radius 2 is 2.43 bits per heavy atom. The molecule has 5 nitrogen and oxygen atoms in total. The Balaban J connectivity index is 1.64. The Hall–Kier alpha value is -1.65. The van der Waals surface area contributed by atoms with Crippen LogP contribution in [0.5, 0.6) is 0 Å². The van der Waals surface area contributed by atoms with Crippen LogP contribution < -0.4 is 5.32 Å². The van der Waals surface area contributed by atoms with Crippen LogP contribution in [-0.2, 0) is 4.79 Å². The average molecular weight is 318 g/mol. The van der Waals surface area contributed by atoms with Gasteiger partial charge in [-0.15, -0.1) is 11.3 Å². The summed E-state index contributed by atoms with van der Waals surface area (Å²) in [5.74, 6) is 0.420. The van der Waals surface area contributed by atoms with Gasteiger partial charge >= 0.3 is 0 Å². The van der Waals surface area contributed by atoms with Crippen LogP contribution in [0.4, 0.5) is 0 Å².